The summed E-state index contributed by atoms with van der Waals surface area (Å²) in [5.41, 5.74) is 2.72. The van der Waals surface area contributed by atoms with Crippen molar-refractivity contribution in [2.75, 3.05) is 0 Å². The van der Waals surface area contributed by atoms with Crippen LogP contribution in [0.15, 0.2) is 34.4 Å². The molecule has 0 aliphatic heterocycles. The molecule has 0 saturated carbocycles. The lowest BCUT2D eigenvalue weighted by Crippen LogP contribution is -2.29. The molecule has 0 aliphatic rings. The number of aromatic nitrogens is 2. The van der Waals surface area contributed by atoms with Crippen LogP contribution in [0.3, 0.4) is 0 Å². The summed E-state index contributed by atoms with van der Waals surface area (Å²) in [6, 6.07) is 3.59. The molecule has 0 fully saturated rings. The molecular formula is C9H9BrN4S. The van der Waals surface area contributed by atoms with E-state index in [9.17, 15) is 0 Å². The van der Waals surface area contributed by atoms with E-state index in [1.807, 2.05) is 11.4 Å². The first-order valence-corrected chi connectivity index (χ1v) is 5.96. The van der Waals surface area contributed by atoms with Crippen LogP contribution >= 0.6 is 27.3 Å². The molecule has 2 aromatic heterocycles. The molecule has 2 heterocycles. The van der Waals surface area contributed by atoms with Gasteiger partial charge in [0.2, 0.25) is 0 Å². The Hall–Kier alpha value is -0.820. The van der Waals surface area contributed by atoms with Gasteiger partial charge < -0.3 is 0 Å². The Labute approximate surface area is 99.7 Å². The molecule has 1 atom stereocenters. The second-order valence-electron chi connectivity index (χ2n) is 2.84. The lowest BCUT2D eigenvalue weighted by Gasteiger charge is -2.12. The van der Waals surface area contributed by atoms with Crippen LogP contribution in [-0.2, 0) is 0 Å². The zero-order chi connectivity index (χ0) is 10.7. The largest absolute Gasteiger partial charge is 0.270 e. The standard InChI is InChI=1S/C9H9BrN4S/c10-6-2-5-15-8(6)7(14-11)9-12-3-1-4-13-9/h1-5,7,14H,11H2. The van der Waals surface area contributed by atoms with Crippen LogP contribution in [0, 0.1) is 0 Å². The maximum atomic E-state index is 5.52. The molecule has 0 spiro atoms. The Morgan fingerprint density at radius 1 is 1.40 bits per heavy atom. The van der Waals surface area contributed by atoms with Crippen molar-refractivity contribution in [1.29, 1.82) is 0 Å². The van der Waals surface area contributed by atoms with Crippen molar-refractivity contribution in [1.82, 2.24) is 15.4 Å². The quantitative estimate of drug-likeness (QED) is 0.667. The lowest BCUT2D eigenvalue weighted by atomic mass is 10.2. The molecule has 1 unspecified atom stereocenters. The van der Waals surface area contributed by atoms with Crippen LogP contribution in [0.2, 0.25) is 0 Å². The monoisotopic (exact) mass is 284 g/mol. The van der Waals surface area contributed by atoms with Crippen molar-refractivity contribution in [3.8, 4) is 0 Å². The summed E-state index contributed by atoms with van der Waals surface area (Å²) < 4.78 is 1.02. The number of nitrogens with one attached hydrogen (secondary N) is 1. The molecule has 0 bridgehead atoms. The number of halogens is 1. The summed E-state index contributed by atoms with van der Waals surface area (Å²) in [7, 11) is 0. The highest BCUT2D eigenvalue weighted by atomic mass is 79.9. The van der Waals surface area contributed by atoms with E-state index >= 15 is 0 Å². The van der Waals surface area contributed by atoms with Crippen molar-refractivity contribution in [3.63, 3.8) is 0 Å². The van der Waals surface area contributed by atoms with Gasteiger partial charge >= 0.3 is 0 Å². The topological polar surface area (TPSA) is 63.8 Å². The van der Waals surface area contributed by atoms with Crippen molar-refractivity contribution < 1.29 is 0 Å². The van der Waals surface area contributed by atoms with Crippen molar-refractivity contribution in [2.45, 2.75) is 6.04 Å². The molecular weight excluding hydrogens is 276 g/mol. The average molecular weight is 285 g/mol. The van der Waals surface area contributed by atoms with Crippen LogP contribution in [0.25, 0.3) is 0 Å². The molecule has 0 radical (unpaired) electrons. The molecule has 0 saturated heterocycles. The van der Waals surface area contributed by atoms with Crippen LogP contribution in [-0.4, -0.2) is 9.97 Å². The Morgan fingerprint density at radius 2 is 2.13 bits per heavy atom. The Kier molecular flexibility index (Phi) is 3.42. The maximum Gasteiger partial charge on any atom is 0.151 e. The molecule has 2 aromatic rings. The average Bonchev–Trinajstić information content (AvgIpc) is 2.68. The van der Waals surface area contributed by atoms with Gasteiger partial charge in [-0.3, -0.25) is 5.84 Å². The predicted molar refractivity (Wildman–Crippen MR) is 63.2 cm³/mol. The zero-order valence-corrected chi connectivity index (χ0v) is 10.1. The highest BCUT2D eigenvalue weighted by molar-refractivity contribution is 9.10. The van der Waals surface area contributed by atoms with Crippen LogP contribution in [0.5, 0.6) is 0 Å². The summed E-state index contributed by atoms with van der Waals surface area (Å²) in [6.07, 6.45) is 3.41. The summed E-state index contributed by atoms with van der Waals surface area (Å²) in [6.45, 7) is 0. The number of nitrogens with zero attached hydrogens (tertiary/aromatic N) is 2. The smallest absolute Gasteiger partial charge is 0.151 e. The van der Waals surface area contributed by atoms with E-state index in [1.54, 1.807) is 29.8 Å². The molecule has 78 valence electrons. The fourth-order valence-corrected chi connectivity index (χ4v) is 2.90. The normalized spacial score (nSPS) is 12.7. The van der Waals surface area contributed by atoms with Crippen LogP contribution in [0.1, 0.15) is 16.7 Å². The first kappa shape index (κ1) is 10.7. The van der Waals surface area contributed by atoms with Gasteiger partial charge in [0.15, 0.2) is 5.82 Å². The van der Waals surface area contributed by atoms with E-state index in [0.717, 1.165) is 9.35 Å². The second-order valence-corrected chi connectivity index (χ2v) is 4.64. The summed E-state index contributed by atoms with van der Waals surface area (Å²) >= 11 is 5.07. The fourth-order valence-electron chi connectivity index (χ4n) is 1.24. The van der Waals surface area contributed by atoms with E-state index in [0.29, 0.717) is 5.82 Å². The van der Waals surface area contributed by atoms with Gasteiger partial charge in [-0.1, -0.05) is 0 Å². The number of nitrogens with two attached hydrogens (primary N) is 1. The van der Waals surface area contributed by atoms with Gasteiger partial charge in [-0.25, -0.2) is 15.4 Å². The van der Waals surface area contributed by atoms with Gasteiger partial charge in [-0.2, -0.15) is 0 Å². The van der Waals surface area contributed by atoms with Gasteiger partial charge in [-0.05, 0) is 33.4 Å². The van der Waals surface area contributed by atoms with E-state index in [1.165, 1.54) is 0 Å². The Balaban J connectivity index is 2.37. The number of thiophene rings is 1. The Morgan fingerprint density at radius 3 is 2.67 bits per heavy atom. The summed E-state index contributed by atoms with van der Waals surface area (Å²) in [4.78, 5) is 9.43. The number of hydrazine groups is 1. The first-order valence-electron chi connectivity index (χ1n) is 4.29. The minimum Gasteiger partial charge on any atom is -0.270 e. The molecule has 0 amide bonds. The summed E-state index contributed by atoms with van der Waals surface area (Å²) in [5, 5.41) is 1.99. The van der Waals surface area contributed by atoms with Gasteiger partial charge in [0, 0.05) is 21.7 Å². The van der Waals surface area contributed by atoms with Gasteiger partial charge in [0.05, 0.1) is 0 Å². The van der Waals surface area contributed by atoms with Gasteiger partial charge in [0.25, 0.3) is 0 Å². The molecule has 4 nitrogen and oxygen atoms in total. The third-order valence-corrected chi connectivity index (χ3v) is 3.85. The molecule has 0 aromatic carbocycles. The van der Waals surface area contributed by atoms with Crippen molar-refractivity contribution in [2.24, 2.45) is 5.84 Å². The fraction of sp³-hybridized carbons (Fsp3) is 0.111. The molecule has 2 rings (SSSR count). The third kappa shape index (κ3) is 2.23. The molecule has 0 aliphatic carbocycles. The SMILES string of the molecule is NNC(c1ncccn1)c1sccc1Br. The lowest BCUT2D eigenvalue weighted by molar-refractivity contribution is 0.608. The highest BCUT2D eigenvalue weighted by Gasteiger charge is 2.18. The summed E-state index contributed by atoms with van der Waals surface area (Å²) in [5.74, 6) is 6.19. The van der Waals surface area contributed by atoms with Gasteiger partial charge in [-0.15, -0.1) is 11.3 Å². The predicted octanol–water partition coefficient (Wildman–Crippen LogP) is 1.85. The minimum atomic E-state index is -0.166. The number of rotatable bonds is 3. The Bertz CT molecular complexity index is 431. The van der Waals surface area contributed by atoms with E-state index in [-0.39, 0.29) is 6.04 Å². The maximum absolute atomic E-state index is 5.52. The first-order chi connectivity index (χ1) is 7.33. The number of hydrogen-bond acceptors (Lipinski definition) is 5. The van der Waals surface area contributed by atoms with Crippen LogP contribution < -0.4 is 11.3 Å². The molecule has 15 heavy (non-hydrogen) atoms. The van der Waals surface area contributed by atoms with Gasteiger partial charge in [0.1, 0.15) is 6.04 Å². The van der Waals surface area contributed by atoms with Crippen molar-refractivity contribution >= 4 is 27.3 Å². The third-order valence-electron chi connectivity index (χ3n) is 1.92. The second kappa shape index (κ2) is 4.80. The highest BCUT2D eigenvalue weighted by Crippen LogP contribution is 2.30. The van der Waals surface area contributed by atoms with E-state index < -0.39 is 0 Å². The van der Waals surface area contributed by atoms with E-state index in [2.05, 4.69) is 31.3 Å². The van der Waals surface area contributed by atoms with Crippen LogP contribution in [0.4, 0.5) is 0 Å². The zero-order valence-electron chi connectivity index (χ0n) is 7.72. The molecule has 6 heteroatoms. The molecule has 3 N–H and O–H groups in total. The van der Waals surface area contributed by atoms with Crippen molar-refractivity contribution in [3.05, 3.63) is 45.1 Å². The minimum absolute atomic E-state index is 0.166. The number of hydrogen-bond donors (Lipinski definition) is 2. The van der Waals surface area contributed by atoms with E-state index in [4.69, 9.17) is 5.84 Å².